The van der Waals surface area contributed by atoms with Crippen LogP contribution in [0.2, 0.25) is 0 Å². The van der Waals surface area contributed by atoms with Gasteiger partial charge in [-0.3, -0.25) is 0 Å². The van der Waals surface area contributed by atoms with Gasteiger partial charge in [-0.25, -0.2) is 0 Å². The Morgan fingerprint density at radius 2 is 1.46 bits per heavy atom. The molecule has 74 valence electrons. The van der Waals surface area contributed by atoms with Crippen LogP contribution in [0.15, 0.2) is 0 Å². The highest BCUT2D eigenvalue weighted by molar-refractivity contribution is 7.99. The van der Waals surface area contributed by atoms with Gasteiger partial charge in [0.2, 0.25) is 0 Å². The summed E-state index contributed by atoms with van der Waals surface area (Å²) in [4.78, 5) is 0. The summed E-state index contributed by atoms with van der Waals surface area (Å²) in [5.74, 6) is 2.76. The van der Waals surface area contributed by atoms with Crippen LogP contribution in [-0.2, 0) is 4.74 Å². The molecule has 2 saturated heterocycles. The highest BCUT2D eigenvalue weighted by atomic mass is 32.2. The smallest absolute Gasteiger partial charge is 0.0537 e. The van der Waals surface area contributed by atoms with E-state index in [1.54, 1.807) is 0 Å². The van der Waals surface area contributed by atoms with Crippen molar-refractivity contribution in [3.63, 3.8) is 0 Å². The highest BCUT2D eigenvalue weighted by Gasteiger charge is 2.58. The van der Waals surface area contributed by atoms with Gasteiger partial charge >= 0.3 is 0 Å². The van der Waals surface area contributed by atoms with E-state index in [1.807, 2.05) is 0 Å². The molecule has 0 amide bonds. The summed E-state index contributed by atoms with van der Waals surface area (Å²) in [7, 11) is 0. The molecule has 2 aliphatic heterocycles. The quantitative estimate of drug-likeness (QED) is 0.592. The van der Waals surface area contributed by atoms with Gasteiger partial charge in [-0.15, -0.1) is 0 Å². The molecule has 1 aliphatic carbocycles. The van der Waals surface area contributed by atoms with E-state index in [0.29, 0.717) is 10.8 Å². The van der Waals surface area contributed by atoms with Gasteiger partial charge in [0.15, 0.2) is 0 Å². The average Bonchev–Trinajstić information content (AvgIpc) is 2.55. The van der Waals surface area contributed by atoms with Crippen LogP contribution in [0.4, 0.5) is 0 Å². The van der Waals surface area contributed by atoms with Crippen LogP contribution in [0.5, 0.6) is 0 Å². The summed E-state index contributed by atoms with van der Waals surface area (Å²) >= 11 is 2.18. The normalized spacial score (nSPS) is 49.8. The summed E-state index contributed by atoms with van der Waals surface area (Å²) in [6, 6.07) is 0. The largest absolute Gasteiger partial charge is 0.380 e. The van der Waals surface area contributed by atoms with Crippen LogP contribution in [0, 0.1) is 10.8 Å². The van der Waals surface area contributed by atoms with Crippen molar-refractivity contribution in [2.45, 2.75) is 32.1 Å². The van der Waals surface area contributed by atoms with E-state index in [0.717, 1.165) is 13.2 Å². The fraction of sp³-hybridized carbons (Fsp3) is 1.00. The van der Waals surface area contributed by atoms with E-state index < -0.39 is 0 Å². The number of hydrogen-bond donors (Lipinski definition) is 0. The van der Waals surface area contributed by atoms with Gasteiger partial charge in [0.1, 0.15) is 0 Å². The molecular weight excluding hydrogens is 180 g/mol. The molecule has 3 fully saturated rings. The van der Waals surface area contributed by atoms with E-state index in [4.69, 9.17) is 4.74 Å². The third kappa shape index (κ3) is 1.05. The third-order valence-electron chi connectivity index (χ3n) is 4.45. The molecule has 0 bridgehead atoms. The molecule has 2 heterocycles. The first kappa shape index (κ1) is 8.60. The number of thioether (sulfide) groups is 1. The van der Waals surface area contributed by atoms with Crippen LogP contribution < -0.4 is 0 Å². The predicted molar refractivity (Wildman–Crippen MR) is 56.1 cm³/mol. The summed E-state index contributed by atoms with van der Waals surface area (Å²) in [6.45, 7) is 2.14. The highest BCUT2D eigenvalue weighted by Crippen LogP contribution is 2.60. The first-order valence-corrected chi connectivity index (χ1v) is 6.68. The summed E-state index contributed by atoms with van der Waals surface area (Å²) in [5.41, 5.74) is 1.21. The van der Waals surface area contributed by atoms with Crippen molar-refractivity contribution >= 4 is 11.8 Å². The first-order chi connectivity index (χ1) is 6.37. The van der Waals surface area contributed by atoms with E-state index in [-0.39, 0.29) is 0 Å². The molecule has 2 atom stereocenters. The lowest BCUT2D eigenvalue weighted by molar-refractivity contribution is 0.149. The lowest BCUT2D eigenvalue weighted by atomic mass is 9.65. The number of rotatable bonds is 0. The van der Waals surface area contributed by atoms with Crippen molar-refractivity contribution < 1.29 is 4.74 Å². The zero-order valence-electron chi connectivity index (χ0n) is 8.18. The van der Waals surface area contributed by atoms with Crippen LogP contribution in [0.3, 0.4) is 0 Å². The van der Waals surface area contributed by atoms with Crippen LogP contribution >= 0.6 is 11.8 Å². The molecule has 2 unspecified atom stereocenters. The fourth-order valence-corrected chi connectivity index (χ4v) is 5.45. The molecule has 1 nitrogen and oxygen atoms in total. The Hall–Kier alpha value is 0.310. The second kappa shape index (κ2) is 2.90. The zero-order valence-corrected chi connectivity index (χ0v) is 9.00. The monoisotopic (exact) mass is 198 g/mol. The van der Waals surface area contributed by atoms with Crippen LogP contribution in [0.1, 0.15) is 32.1 Å². The Balaban J connectivity index is 1.97. The van der Waals surface area contributed by atoms with Crippen molar-refractivity contribution in [3.8, 4) is 0 Å². The Labute approximate surface area is 84.6 Å². The summed E-state index contributed by atoms with van der Waals surface area (Å²) in [5, 5.41) is 0. The van der Waals surface area contributed by atoms with Gasteiger partial charge in [0.05, 0.1) is 13.2 Å². The van der Waals surface area contributed by atoms with Gasteiger partial charge in [-0.2, -0.15) is 11.8 Å². The molecular formula is C11H18OS. The lowest BCUT2D eigenvalue weighted by Gasteiger charge is -2.36. The maximum Gasteiger partial charge on any atom is 0.0537 e. The number of ether oxygens (including phenoxy) is 1. The molecule has 0 radical (unpaired) electrons. The molecule has 1 saturated carbocycles. The SMILES string of the molecule is C1CCC23COCC2(CC1)CSC3. The first-order valence-electron chi connectivity index (χ1n) is 5.53. The maximum absolute atomic E-state index is 5.78. The van der Waals surface area contributed by atoms with Crippen molar-refractivity contribution in [2.75, 3.05) is 24.7 Å². The average molecular weight is 198 g/mol. The summed E-state index contributed by atoms with van der Waals surface area (Å²) in [6.07, 6.45) is 7.26. The second-order valence-corrected chi connectivity index (χ2v) is 6.09. The van der Waals surface area contributed by atoms with E-state index in [2.05, 4.69) is 11.8 Å². The second-order valence-electron chi connectivity index (χ2n) is 5.11. The summed E-state index contributed by atoms with van der Waals surface area (Å²) < 4.78 is 5.78. The van der Waals surface area contributed by atoms with Crippen LogP contribution in [-0.4, -0.2) is 24.7 Å². The Morgan fingerprint density at radius 1 is 0.846 bits per heavy atom. The molecule has 3 aliphatic rings. The van der Waals surface area contributed by atoms with Gasteiger partial charge in [-0.05, 0) is 12.8 Å². The molecule has 3 rings (SSSR count). The molecule has 0 aromatic heterocycles. The van der Waals surface area contributed by atoms with Gasteiger partial charge < -0.3 is 4.74 Å². The molecule has 0 N–H and O–H groups in total. The van der Waals surface area contributed by atoms with Crippen molar-refractivity contribution in [1.29, 1.82) is 0 Å². The van der Waals surface area contributed by atoms with Gasteiger partial charge in [0.25, 0.3) is 0 Å². The van der Waals surface area contributed by atoms with Crippen molar-refractivity contribution in [2.24, 2.45) is 10.8 Å². The van der Waals surface area contributed by atoms with Gasteiger partial charge in [0, 0.05) is 22.3 Å². The van der Waals surface area contributed by atoms with Crippen molar-refractivity contribution in [3.05, 3.63) is 0 Å². The third-order valence-corrected chi connectivity index (χ3v) is 5.96. The molecule has 0 spiro atoms. The minimum Gasteiger partial charge on any atom is -0.380 e. The zero-order chi connectivity index (χ0) is 8.78. The number of hydrogen-bond acceptors (Lipinski definition) is 2. The molecule has 0 aromatic rings. The van der Waals surface area contributed by atoms with E-state index in [1.165, 1.54) is 43.6 Å². The minimum absolute atomic E-state index is 0.605. The molecule has 2 heteroatoms. The van der Waals surface area contributed by atoms with Crippen LogP contribution in [0.25, 0.3) is 0 Å². The van der Waals surface area contributed by atoms with Crippen molar-refractivity contribution in [1.82, 2.24) is 0 Å². The maximum atomic E-state index is 5.78. The standard InChI is InChI=1S/C11H18OS/c1-2-4-10-6-12-7-11(10,5-3-1)9-13-8-10/h1-9H2. The minimum atomic E-state index is 0.605. The van der Waals surface area contributed by atoms with E-state index >= 15 is 0 Å². The topological polar surface area (TPSA) is 9.23 Å². The Bertz CT molecular complexity index is 184. The van der Waals surface area contributed by atoms with E-state index in [9.17, 15) is 0 Å². The predicted octanol–water partition coefficient (Wildman–Crippen LogP) is 2.70. The lowest BCUT2D eigenvalue weighted by Crippen LogP contribution is -2.38. The molecule has 0 aromatic carbocycles. The fourth-order valence-electron chi connectivity index (χ4n) is 3.50. The van der Waals surface area contributed by atoms with Gasteiger partial charge in [-0.1, -0.05) is 19.3 Å². The molecule has 13 heavy (non-hydrogen) atoms. The Kier molecular flexibility index (Phi) is 1.92. The Morgan fingerprint density at radius 3 is 2.08 bits per heavy atom.